The molecule has 0 aliphatic heterocycles. The van der Waals surface area contributed by atoms with Crippen molar-refractivity contribution < 1.29 is 5.11 Å². The van der Waals surface area contributed by atoms with Crippen molar-refractivity contribution in [2.75, 3.05) is 5.32 Å². The molecule has 1 aliphatic rings. The smallest absolute Gasteiger partial charge is 0.183 e. The zero-order valence-electron chi connectivity index (χ0n) is 11.1. The molecule has 2 aromatic rings. The number of thiazole rings is 1. The lowest BCUT2D eigenvalue weighted by Gasteiger charge is -2.25. The zero-order valence-corrected chi connectivity index (χ0v) is 12.6. The van der Waals surface area contributed by atoms with Crippen LogP contribution in [0.4, 0.5) is 5.13 Å². The fourth-order valence-corrected chi connectivity index (χ4v) is 3.55. The minimum absolute atomic E-state index is 0.122. The van der Waals surface area contributed by atoms with Gasteiger partial charge in [0, 0.05) is 22.0 Å². The molecule has 2 N–H and O–H groups in total. The largest absolute Gasteiger partial charge is 0.393 e. The minimum atomic E-state index is -0.122. The average molecular weight is 309 g/mol. The van der Waals surface area contributed by atoms with Crippen molar-refractivity contribution >= 4 is 28.1 Å². The van der Waals surface area contributed by atoms with Crippen LogP contribution in [0.1, 0.15) is 25.7 Å². The summed E-state index contributed by atoms with van der Waals surface area (Å²) >= 11 is 7.80. The molecule has 3 nitrogen and oxygen atoms in total. The fourth-order valence-electron chi connectivity index (χ4n) is 2.53. The van der Waals surface area contributed by atoms with Gasteiger partial charge in [-0.1, -0.05) is 29.8 Å². The summed E-state index contributed by atoms with van der Waals surface area (Å²) in [6.07, 6.45) is 3.63. The molecule has 1 fully saturated rings. The highest BCUT2D eigenvalue weighted by Gasteiger charge is 2.20. The molecule has 0 atom stereocenters. The van der Waals surface area contributed by atoms with Crippen molar-refractivity contribution in [1.29, 1.82) is 0 Å². The van der Waals surface area contributed by atoms with E-state index < -0.39 is 0 Å². The summed E-state index contributed by atoms with van der Waals surface area (Å²) in [7, 11) is 0. The maximum absolute atomic E-state index is 9.52. The van der Waals surface area contributed by atoms with Gasteiger partial charge in [0.05, 0.1) is 11.8 Å². The predicted molar refractivity (Wildman–Crippen MR) is 84.4 cm³/mol. The number of halogens is 1. The maximum Gasteiger partial charge on any atom is 0.183 e. The van der Waals surface area contributed by atoms with Gasteiger partial charge in [0.1, 0.15) is 0 Å². The van der Waals surface area contributed by atoms with Crippen molar-refractivity contribution in [1.82, 2.24) is 4.98 Å². The quantitative estimate of drug-likeness (QED) is 0.894. The second-order valence-electron chi connectivity index (χ2n) is 5.17. The summed E-state index contributed by atoms with van der Waals surface area (Å²) < 4.78 is 0. The van der Waals surface area contributed by atoms with E-state index in [-0.39, 0.29) is 6.10 Å². The average Bonchev–Trinajstić information content (AvgIpc) is 2.90. The molecule has 0 spiro atoms. The lowest BCUT2D eigenvalue weighted by Crippen LogP contribution is -2.28. The number of nitrogens with one attached hydrogen (secondary N) is 1. The first-order valence-electron chi connectivity index (χ1n) is 6.87. The van der Waals surface area contributed by atoms with Gasteiger partial charge in [0.25, 0.3) is 0 Å². The molecule has 1 heterocycles. The third kappa shape index (κ3) is 3.14. The molecule has 5 heteroatoms. The minimum Gasteiger partial charge on any atom is -0.393 e. The molecule has 0 saturated heterocycles. The van der Waals surface area contributed by atoms with Crippen molar-refractivity contribution in [3.63, 3.8) is 0 Å². The highest BCUT2D eigenvalue weighted by atomic mass is 35.5. The first-order valence-corrected chi connectivity index (χ1v) is 8.13. The fraction of sp³-hybridized carbons (Fsp3) is 0.400. The summed E-state index contributed by atoms with van der Waals surface area (Å²) in [6, 6.07) is 8.17. The van der Waals surface area contributed by atoms with Crippen LogP contribution in [0.5, 0.6) is 0 Å². The van der Waals surface area contributed by atoms with Gasteiger partial charge in [-0.2, -0.15) is 0 Å². The standard InChI is InChI=1S/C15H17ClN2OS/c16-13-4-2-1-3-12(13)14-9-20-15(18-14)17-10-5-7-11(19)8-6-10/h1-4,9-11,19H,5-8H2,(H,17,18). The van der Waals surface area contributed by atoms with E-state index in [1.165, 1.54) is 0 Å². The molecule has 1 aromatic carbocycles. The third-order valence-electron chi connectivity index (χ3n) is 3.68. The van der Waals surface area contributed by atoms with E-state index in [1.54, 1.807) is 11.3 Å². The normalized spacial score (nSPS) is 22.7. The van der Waals surface area contributed by atoms with E-state index in [0.717, 1.165) is 47.1 Å². The Morgan fingerprint density at radius 1 is 1.20 bits per heavy atom. The van der Waals surface area contributed by atoms with Crippen LogP contribution in [0.3, 0.4) is 0 Å². The van der Waals surface area contributed by atoms with Crippen LogP contribution in [-0.4, -0.2) is 22.2 Å². The molecule has 1 saturated carbocycles. The number of anilines is 1. The molecule has 106 valence electrons. The molecule has 0 unspecified atom stereocenters. The maximum atomic E-state index is 9.52. The molecule has 1 aliphatic carbocycles. The lowest BCUT2D eigenvalue weighted by atomic mass is 9.93. The number of hydrogen-bond donors (Lipinski definition) is 2. The summed E-state index contributed by atoms with van der Waals surface area (Å²) in [6.45, 7) is 0. The van der Waals surface area contributed by atoms with Gasteiger partial charge in [-0.25, -0.2) is 4.98 Å². The van der Waals surface area contributed by atoms with Crippen molar-refractivity contribution in [2.45, 2.75) is 37.8 Å². The van der Waals surface area contributed by atoms with E-state index >= 15 is 0 Å². The van der Waals surface area contributed by atoms with E-state index in [2.05, 4.69) is 10.3 Å². The number of rotatable bonds is 3. The molecule has 1 aromatic heterocycles. The van der Waals surface area contributed by atoms with E-state index in [1.807, 2.05) is 29.6 Å². The van der Waals surface area contributed by atoms with Crippen LogP contribution >= 0.6 is 22.9 Å². The highest BCUT2D eigenvalue weighted by molar-refractivity contribution is 7.14. The Labute approximate surface area is 127 Å². The van der Waals surface area contributed by atoms with Gasteiger partial charge < -0.3 is 10.4 Å². The summed E-state index contributed by atoms with van der Waals surface area (Å²) in [5, 5.41) is 16.7. The van der Waals surface area contributed by atoms with Gasteiger partial charge in [-0.3, -0.25) is 0 Å². The van der Waals surface area contributed by atoms with Crippen molar-refractivity contribution in [2.24, 2.45) is 0 Å². The van der Waals surface area contributed by atoms with Crippen molar-refractivity contribution in [3.05, 3.63) is 34.7 Å². The Bertz CT molecular complexity index is 579. The number of hydrogen-bond acceptors (Lipinski definition) is 4. The number of benzene rings is 1. The third-order valence-corrected chi connectivity index (χ3v) is 4.78. The zero-order chi connectivity index (χ0) is 13.9. The first-order chi connectivity index (χ1) is 9.72. The molecule has 3 rings (SSSR count). The van der Waals surface area contributed by atoms with Crippen LogP contribution < -0.4 is 5.32 Å². The second kappa shape index (κ2) is 6.12. The van der Waals surface area contributed by atoms with Crippen molar-refractivity contribution in [3.8, 4) is 11.3 Å². The SMILES string of the molecule is OC1CCC(Nc2nc(-c3ccccc3Cl)cs2)CC1. The lowest BCUT2D eigenvalue weighted by molar-refractivity contribution is 0.126. The van der Waals surface area contributed by atoms with Gasteiger partial charge in [-0.15, -0.1) is 11.3 Å². The molecule has 0 radical (unpaired) electrons. The number of aliphatic hydroxyl groups is 1. The molecule has 0 amide bonds. The van der Waals surface area contributed by atoms with Gasteiger partial charge in [-0.05, 0) is 31.7 Å². The van der Waals surface area contributed by atoms with Crippen LogP contribution in [0.2, 0.25) is 5.02 Å². The highest BCUT2D eigenvalue weighted by Crippen LogP contribution is 2.31. The number of aliphatic hydroxyl groups excluding tert-OH is 1. The predicted octanol–water partition coefficient (Wildman–Crippen LogP) is 4.18. The van der Waals surface area contributed by atoms with Crippen LogP contribution in [0.25, 0.3) is 11.3 Å². The van der Waals surface area contributed by atoms with Gasteiger partial charge in [0.2, 0.25) is 0 Å². The van der Waals surface area contributed by atoms with E-state index in [9.17, 15) is 5.11 Å². The topological polar surface area (TPSA) is 45.1 Å². The molecule has 0 bridgehead atoms. The Balaban J connectivity index is 1.70. The molecular formula is C15H17ClN2OS. The van der Waals surface area contributed by atoms with Crippen LogP contribution in [-0.2, 0) is 0 Å². The summed E-state index contributed by atoms with van der Waals surface area (Å²) in [5.41, 5.74) is 1.89. The monoisotopic (exact) mass is 308 g/mol. The van der Waals surface area contributed by atoms with Crippen LogP contribution in [0, 0.1) is 0 Å². The Hall–Kier alpha value is -1.10. The summed E-state index contributed by atoms with van der Waals surface area (Å²) in [5.74, 6) is 0. The van der Waals surface area contributed by atoms with Gasteiger partial charge in [0.15, 0.2) is 5.13 Å². The Kier molecular flexibility index (Phi) is 4.24. The molecular weight excluding hydrogens is 292 g/mol. The Morgan fingerprint density at radius 3 is 2.70 bits per heavy atom. The second-order valence-corrected chi connectivity index (χ2v) is 6.43. The summed E-state index contributed by atoms with van der Waals surface area (Å²) in [4.78, 5) is 4.61. The molecule has 20 heavy (non-hydrogen) atoms. The number of nitrogens with zero attached hydrogens (tertiary/aromatic N) is 1. The van der Waals surface area contributed by atoms with Gasteiger partial charge >= 0.3 is 0 Å². The van der Waals surface area contributed by atoms with E-state index in [4.69, 9.17) is 11.6 Å². The first kappa shape index (κ1) is 13.9. The Morgan fingerprint density at radius 2 is 1.95 bits per heavy atom. The van der Waals surface area contributed by atoms with E-state index in [0.29, 0.717) is 6.04 Å². The van der Waals surface area contributed by atoms with Crippen LogP contribution in [0.15, 0.2) is 29.6 Å². The number of aromatic nitrogens is 1.